The summed E-state index contributed by atoms with van der Waals surface area (Å²) in [5, 5.41) is 0. The summed E-state index contributed by atoms with van der Waals surface area (Å²) >= 11 is 0. The van der Waals surface area contributed by atoms with Crippen molar-refractivity contribution in [2.45, 2.75) is 12.1 Å². The third-order valence-corrected chi connectivity index (χ3v) is 4.72. The maximum absolute atomic E-state index is 12.7. The van der Waals surface area contributed by atoms with Crippen LogP contribution in [0.2, 0.25) is 0 Å². The number of ether oxygens (including phenoxy) is 2. The van der Waals surface area contributed by atoms with Gasteiger partial charge in [-0.15, -0.1) is 0 Å². The summed E-state index contributed by atoms with van der Waals surface area (Å²) in [6.07, 6.45) is -0.429. The molecule has 2 heterocycles. The van der Waals surface area contributed by atoms with E-state index >= 15 is 0 Å². The van der Waals surface area contributed by atoms with Crippen molar-refractivity contribution in [2.75, 3.05) is 25.2 Å². The summed E-state index contributed by atoms with van der Waals surface area (Å²) in [6, 6.07) is 16.3. The van der Waals surface area contributed by atoms with Gasteiger partial charge in [-0.3, -0.25) is 9.69 Å². The molecule has 0 radical (unpaired) electrons. The van der Waals surface area contributed by atoms with Crippen LogP contribution in [-0.2, 0) is 9.53 Å². The number of hydrogen-bond acceptors (Lipinski definition) is 4. The van der Waals surface area contributed by atoms with Crippen molar-refractivity contribution in [3.8, 4) is 5.75 Å². The van der Waals surface area contributed by atoms with Crippen LogP contribution >= 0.6 is 0 Å². The van der Waals surface area contributed by atoms with Crippen LogP contribution < -0.4 is 9.64 Å². The van der Waals surface area contributed by atoms with E-state index in [0.717, 1.165) is 17.0 Å². The fourth-order valence-corrected chi connectivity index (χ4v) is 3.32. The molecule has 2 aromatic rings. The number of carbonyl (C=O) groups is 2. The van der Waals surface area contributed by atoms with Crippen molar-refractivity contribution >= 4 is 17.7 Å². The van der Waals surface area contributed by atoms with Crippen molar-refractivity contribution < 1.29 is 19.1 Å². The van der Waals surface area contributed by atoms with Gasteiger partial charge in [-0.05, 0) is 29.8 Å². The molecule has 2 aromatic carbocycles. The number of hydrogen-bond donors (Lipinski definition) is 0. The Labute approximate surface area is 145 Å². The Bertz CT molecular complexity index is 791. The van der Waals surface area contributed by atoms with Gasteiger partial charge < -0.3 is 14.4 Å². The molecule has 4 rings (SSSR count). The minimum absolute atomic E-state index is 0.0926. The average Bonchev–Trinajstić information content (AvgIpc) is 3.03. The number of amides is 2. The molecule has 2 aliphatic rings. The zero-order valence-electron chi connectivity index (χ0n) is 13.8. The summed E-state index contributed by atoms with van der Waals surface area (Å²) < 4.78 is 10.3. The zero-order valence-corrected chi connectivity index (χ0v) is 13.8. The van der Waals surface area contributed by atoms with E-state index in [0.29, 0.717) is 6.54 Å². The Morgan fingerprint density at radius 2 is 1.72 bits per heavy atom. The summed E-state index contributed by atoms with van der Waals surface area (Å²) in [6.45, 7) is 0.735. The highest BCUT2D eigenvalue weighted by atomic mass is 16.6. The highest BCUT2D eigenvalue weighted by molar-refractivity contribution is 6.05. The van der Waals surface area contributed by atoms with Gasteiger partial charge in [0.25, 0.3) is 5.91 Å². The molecule has 0 aliphatic carbocycles. The van der Waals surface area contributed by atoms with E-state index in [9.17, 15) is 9.59 Å². The van der Waals surface area contributed by atoms with Crippen LogP contribution in [0.4, 0.5) is 10.5 Å². The third kappa shape index (κ3) is 2.59. The van der Waals surface area contributed by atoms with Crippen LogP contribution in [0, 0.1) is 0 Å². The van der Waals surface area contributed by atoms with Crippen molar-refractivity contribution in [3.05, 3.63) is 60.2 Å². The molecular weight excluding hydrogens is 320 g/mol. The lowest BCUT2D eigenvalue weighted by Gasteiger charge is -2.43. The predicted molar refractivity (Wildman–Crippen MR) is 91.5 cm³/mol. The Hall–Kier alpha value is -3.02. The van der Waals surface area contributed by atoms with E-state index in [-0.39, 0.29) is 18.6 Å². The van der Waals surface area contributed by atoms with Crippen LogP contribution in [0.5, 0.6) is 5.75 Å². The average molecular weight is 338 g/mol. The Balaban J connectivity index is 1.52. The second kappa shape index (κ2) is 6.12. The van der Waals surface area contributed by atoms with Crippen LogP contribution in [0.3, 0.4) is 0 Å². The van der Waals surface area contributed by atoms with Crippen LogP contribution in [0.25, 0.3) is 0 Å². The van der Waals surface area contributed by atoms with Crippen molar-refractivity contribution in [1.82, 2.24) is 4.90 Å². The van der Waals surface area contributed by atoms with Crippen molar-refractivity contribution in [1.29, 1.82) is 0 Å². The Kier molecular flexibility index (Phi) is 3.80. The van der Waals surface area contributed by atoms with Gasteiger partial charge in [-0.25, -0.2) is 4.79 Å². The molecule has 2 aliphatic heterocycles. The quantitative estimate of drug-likeness (QED) is 0.804. The first-order valence-electron chi connectivity index (χ1n) is 8.14. The third-order valence-electron chi connectivity index (χ3n) is 4.72. The maximum atomic E-state index is 12.7. The van der Waals surface area contributed by atoms with Gasteiger partial charge in [0.05, 0.1) is 19.7 Å². The van der Waals surface area contributed by atoms with Gasteiger partial charge in [0.15, 0.2) is 0 Å². The van der Waals surface area contributed by atoms with E-state index in [1.54, 1.807) is 16.9 Å². The number of nitrogens with zero attached hydrogens (tertiary/aromatic N) is 2. The largest absolute Gasteiger partial charge is 0.497 e. The fourth-order valence-electron chi connectivity index (χ4n) is 3.32. The van der Waals surface area contributed by atoms with E-state index in [4.69, 9.17) is 9.47 Å². The number of cyclic esters (lactones) is 1. The van der Waals surface area contributed by atoms with Gasteiger partial charge in [0.1, 0.15) is 18.4 Å². The topological polar surface area (TPSA) is 59.1 Å². The van der Waals surface area contributed by atoms with Crippen molar-refractivity contribution in [2.24, 2.45) is 0 Å². The molecule has 0 N–H and O–H groups in total. The second-order valence-electron chi connectivity index (χ2n) is 6.07. The van der Waals surface area contributed by atoms with E-state index in [2.05, 4.69) is 0 Å². The lowest BCUT2D eigenvalue weighted by atomic mass is 10.00. The second-order valence-corrected chi connectivity index (χ2v) is 6.07. The van der Waals surface area contributed by atoms with Gasteiger partial charge in [-0.1, -0.05) is 30.3 Å². The van der Waals surface area contributed by atoms with Crippen LogP contribution in [-0.4, -0.2) is 43.2 Å². The monoisotopic (exact) mass is 338 g/mol. The molecule has 6 nitrogen and oxygen atoms in total. The summed E-state index contributed by atoms with van der Waals surface area (Å²) in [5.74, 6) is 0.644. The molecule has 2 amide bonds. The molecule has 2 fully saturated rings. The molecule has 0 bridgehead atoms. The number of methoxy groups -OCH3 is 1. The normalized spacial score (nSPS) is 22.6. The molecule has 128 valence electrons. The SMILES string of the molecule is COc1ccc(N2C[C@H](N3C(=O)OC[C@@H]3c3ccccc3)C2=O)cc1. The van der Waals surface area contributed by atoms with Gasteiger partial charge in [0.2, 0.25) is 0 Å². The minimum atomic E-state index is -0.484. The summed E-state index contributed by atoms with van der Waals surface area (Å²) in [4.78, 5) is 28.1. The first kappa shape index (κ1) is 15.5. The molecule has 2 saturated heterocycles. The lowest BCUT2D eigenvalue weighted by molar-refractivity contribution is -0.128. The van der Waals surface area contributed by atoms with Crippen molar-refractivity contribution in [3.63, 3.8) is 0 Å². The molecule has 0 spiro atoms. The number of anilines is 1. The van der Waals surface area contributed by atoms with E-state index in [1.165, 1.54) is 0 Å². The van der Waals surface area contributed by atoms with Crippen LogP contribution in [0.15, 0.2) is 54.6 Å². The highest BCUT2D eigenvalue weighted by Gasteiger charge is 2.49. The fraction of sp³-hybridized carbons (Fsp3) is 0.263. The molecule has 0 saturated carbocycles. The number of carbonyl (C=O) groups excluding carboxylic acids is 2. The molecular formula is C19H18N2O4. The van der Waals surface area contributed by atoms with Gasteiger partial charge >= 0.3 is 6.09 Å². The number of rotatable bonds is 4. The van der Waals surface area contributed by atoms with Crippen LogP contribution in [0.1, 0.15) is 11.6 Å². The van der Waals surface area contributed by atoms with E-state index < -0.39 is 12.1 Å². The zero-order chi connectivity index (χ0) is 17.4. The van der Waals surface area contributed by atoms with E-state index in [1.807, 2.05) is 54.6 Å². The molecule has 6 heteroatoms. The minimum Gasteiger partial charge on any atom is -0.497 e. The first-order valence-corrected chi connectivity index (χ1v) is 8.14. The maximum Gasteiger partial charge on any atom is 0.411 e. The van der Waals surface area contributed by atoms with Gasteiger partial charge in [-0.2, -0.15) is 0 Å². The first-order chi connectivity index (χ1) is 12.2. The smallest absolute Gasteiger partial charge is 0.411 e. The summed E-state index contributed by atoms with van der Waals surface area (Å²) in [5.41, 5.74) is 1.77. The molecule has 0 unspecified atom stereocenters. The predicted octanol–water partition coefficient (Wildman–Crippen LogP) is 2.60. The van der Waals surface area contributed by atoms with Gasteiger partial charge in [0, 0.05) is 5.69 Å². The lowest BCUT2D eigenvalue weighted by Crippen LogP contribution is -2.64. The molecule has 2 atom stereocenters. The highest BCUT2D eigenvalue weighted by Crippen LogP contribution is 2.35. The Morgan fingerprint density at radius 3 is 2.36 bits per heavy atom. The number of benzene rings is 2. The number of β-lactam (4-membered cyclic amide) rings is 1. The Morgan fingerprint density at radius 1 is 1.00 bits per heavy atom. The summed E-state index contributed by atoms with van der Waals surface area (Å²) in [7, 11) is 1.60. The molecule has 25 heavy (non-hydrogen) atoms. The molecule has 0 aromatic heterocycles. The standard InChI is InChI=1S/C19H18N2O4/c1-24-15-9-7-14(8-10-15)20-11-16(18(20)22)21-17(12-25-19(21)23)13-5-3-2-4-6-13/h2-10,16-17H,11-12H2,1H3/t16-,17+/m0/s1.